The van der Waals surface area contributed by atoms with Crippen molar-refractivity contribution in [3.05, 3.63) is 69.2 Å². The molecule has 1 fully saturated rings. The molecule has 0 radical (unpaired) electrons. The van der Waals surface area contributed by atoms with E-state index < -0.39 is 11.9 Å². The summed E-state index contributed by atoms with van der Waals surface area (Å²) >= 11 is 6.23. The lowest BCUT2D eigenvalue weighted by molar-refractivity contribution is -0.137. The molecule has 2 aliphatic heterocycles. The zero-order valence-electron chi connectivity index (χ0n) is 17.2. The van der Waals surface area contributed by atoms with Crippen LogP contribution in [0.1, 0.15) is 51.9 Å². The summed E-state index contributed by atoms with van der Waals surface area (Å²) in [4.78, 5) is 50.3. The Balaban J connectivity index is 1.40. The number of carbonyl (C=O) groups excluding carboxylic acids is 4. The van der Waals surface area contributed by atoms with Crippen molar-refractivity contribution in [1.29, 1.82) is 0 Å². The fourth-order valence-corrected chi connectivity index (χ4v) is 4.53. The number of piperidine rings is 1. The number of Topliss-reactive ketones (excluding diaryl/α,β-unsaturated/α-hetero) is 1. The van der Waals surface area contributed by atoms with Crippen LogP contribution in [-0.4, -0.2) is 34.4 Å². The third-order valence-corrected chi connectivity index (χ3v) is 6.36. The van der Waals surface area contributed by atoms with Gasteiger partial charge in [-0.25, -0.2) is 0 Å². The quantitative estimate of drug-likeness (QED) is 0.702. The van der Waals surface area contributed by atoms with E-state index in [1.165, 1.54) is 4.90 Å². The molecule has 1 atom stereocenters. The highest BCUT2D eigenvalue weighted by Gasteiger charge is 2.39. The number of nitrogens with zero attached hydrogens (tertiary/aromatic N) is 1. The third kappa shape index (κ3) is 4.39. The van der Waals surface area contributed by atoms with Gasteiger partial charge in [0.25, 0.3) is 5.91 Å². The Labute approximate surface area is 185 Å². The molecule has 1 unspecified atom stereocenters. The number of ketones is 1. The summed E-state index contributed by atoms with van der Waals surface area (Å²) in [6.45, 7) is 2.28. The number of nitrogens with one attached hydrogen (secondary N) is 1. The van der Waals surface area contributed by atoms with E-state index in [-0.39, 0.29) is 24.0 Å². The van der Waals surface area contributed by atoms with E-state index in [0.29, 0.717) is 42.8 Å². The van der Waals surface area contributed by atoms with Crippen molar-refractivity contribution in [3.8, 4) is 0 Å². The van der Waals surface area contributed by atoms with E-state index in [2.05, 4.69) is 5.32 Å². The minimum Gasteiger partial charge on any atom is -0.322 e. The molecule has 2 aromatic carbocycles. The largest absolute Gasteiger partial charge is 0.322 e. The highest BCUT2D eigenvalue weighted by Crippen LogP contribution is 2.28. The highest BCUT2D eigenvalue weighted by molar-refractivity contribution is 6.31. The molecule has 160 valence electrons. The van der Waals surface area contributed by atoms with Gasteiger partial charge in [0.1, 0.15) is 11.8 Å². The number of hydrogen-bond donors (Lipinski definition) is 1. The van der Waals surface area contributed by atoms with Gasteiger partial charge in [0.05, 0.1) is 0 Å². The van der Waals surface area contributed by atoms with Gasteiger partial charge in [-0.15, -0.1) is 0 Å². The Morgan fingerprint density at radius 2 is 2.00 bits per heavy atom. The van der Waals surface area contributed by atoms with Gasteiger partial charge in [-0.2, -0.15) is 0 Å². The first kappa shape index (κ1) is 21.2. The number of imide groups is 1. The fraction of sp³-hybridized carbons (Fsp3) is 0.333. The van der Waals surface area contributed by atoms with Gasteiger partial charge in [-0.05, 0) is 54.2 Å². The molecule has 2 aliphatic rings. The maximum absolute atomic E-state index is 12.8. The molecule has 2 aromatic rings. The average molecular weight is 439 g/mol. The van der Waals surface area contributed by atoms with Crippen LogP contribution >= 0.6 is 11.6 Å². The summed E-state index contributed by atoms with van der Waals surface area (Å²) in [5, 5.41) is 2.92. The van der Waals surface area contributed by atoms with Gasteiger partial charge < -0.3 is 4.90 Å². The first-order valence-electron chi connectivity index (χ1n) is 10.4. The summed E-state index contributed by atoms with van der Waals surface area (Å²) in [5.41, 5.74) is 4.27. The number of amides is 3. The Morgan fingerprint density at radius 1 is 1.19 bits per heavy atom. The van der Waals surface area contributed by atoms with E-state index in [0.717, 1.165) is 22.3 Å². The number of benzene rings is 2. The van der Waals surface area contributed by atoms with E-state index in [9.17, 15) is 19.2 Å². The lowest BCUT2D eigenvalue weighted by atomic mass is 9.98. The number of aryl methyl sites for hydroxylation is 2. The summed E-state index contributed by atoms with van der Waals surface area (Å²) in [6.07, 6.45) is 1.83. The van der Waals surface area contributed by atoms with Crippen molar-refractivity contribution in [2.24, 2.45) is 0 Å². The average Bonchev–Trinajstić information content (AvgIpc) is 3.05. The summed E-state index contributed by atoms with van der Waals surface area (Å²) < 4.78 is 0. The normalized spacial score (nSPS) is 18.2. The maximum Gasteiger partial charge on any atom is 0.255 e. The lowest BCUT2D eigenvalue weighted by Gasteiger charge is -2.29. The van der Waals surface area contributed by atoms with Gasteiger partial charge in [0.2, 0.25) is 11.8 Å². The molecule has 4 rings (SSSR count). The van der Waals surface area contributed by atoms with E-state index >= 15 is 0 Å². The van der Waals surface area contributed by atoms with Gasteiger partial charge in [-0.3, -0.25) is 24.5 Å². The van der Waals surface area contributed by atoms with Crippen LogP contribution in [0.4, 0.5) is 0 Å². The molecule has 0 aliphatic carbocycles. The number of halogens is 1. The Hall–Kier alpha value is -2.99. The van der Waals surface area contributed by atoms with Gasteiger partial charge in [-0.1, -0.05) is 35.9 Å². The number of rotatable bonds is 6. The predicted octanol–water partition coefficient (Wildman–Crippen LogP) is 3.15. The monoisotopic (exact) mass is 438 g/mol. The van der Waals surface area contributed by atoms with Crippen LogP contribution < -0.4 is 5.32 Å². The summed E-state index contributed by atoms with van der Waals surface area (Å²) in [7, 11) is 0. The second kappa shape index (κ2) is 8.63. The maximum atomic E-state index is 12.8. The molecule has 0 spiro atoms. The van der Waals surface area contributed by atoms with Crippen molar-refractivity contribution < 1.29 is 19.2 Å². The van der Waals surface area contributed by atoms with Crippen LogP contribution in [0.15, 0.2) is 36.4 Å². The molecule has 1 saturated heterocycles. The second-order valence-corrected chi connectivity index (χ2v) is 8.55. The molecule has 0 bridgehead atoms. The molecule has 0 aromatic heterocycles. The second-order valence-electron chi connectivity index (χ2n) is 8.14. The van der Waals surface area contributed by atoms with Gasteiger partial charge in [0, 0.05) is 36.4 Å². The highest BCUT2D eigenvalue weighted by atomic mass is 35.5. The van der Waals surface area contributed by atoms with Crippen LogP contribution in [0, 0.1) is 6.92 Å². The number of hydrogen-bond acceptors (Lipinski definition) is 4. The Bertz CT molecular complexity index is 1070. The lowest BCUT2D eigenvalue weighted by Crippen LogP contribution is -2.52. The molecule has 6 nitrogen and oxygen atoms in total. The van der Waals surface area contributed by atoms with Crippen molar-refractivity contribution in [1.82, 2.24) is 10.2 Å². The Kier molecular flexibility index (Phi) is 5.92. The van der Waals surface area contributed by atoms with Gasteiger partial charge >= 0.3 is 0 Å². The van der Waals surface area contributed by atoms with Gasteiger partial charge in [0.15, 0.2) is 0 Å². The van der Waals surface area contributed by atoms with Crippen LogP contribution in [0.3, 0.4) is 0 Å². The SMILES string of the molecule is Cc1cccc(Cl)c1CC(=O)CCc1ccc2c(c1)CN(C1CCC(=O)NC1=O)C2=O. The summed E-state index contributed by atoms with van der Waals surface area (Å²) in [6, 6.07) is 10.5. The molecular weight excluding hydrogens is 416 g/mol. The minimum atomic E-state index is -0.624. The standard InChI is InChI=1S/C24H23ClN2O4/c1-14-3-2-4-20(25)19(14)12-17(28)7-5-15-6-8-18-16(11-15)13-27(24(18)31)21-9-10-22(29)26-23(21)30/h2-4,6,8,11,21H,5,7,9-10,12-13H2,1H3,(H,26,29,30). The minimum absolute atomic E-state index is 0.109. The Morgan fingerprint density at radius 3 is 2.74 bits per heavy atom. The first-order chi connectivity index (χ1) is 14.8. The first-order valence-corrected chi connectivity index (χ1v) is 10.7. The van der Waals surface area contributed by atoms with Crippen LogP contribution in [0.2, 0.25) is 5.02 Å². The fourth-order valence-electron chi connectivity index (χ4n) is 4.24. The summed E-state index contributed by atoms with van der Waals surface area (Å²) in [5.74, 6) is -0.804. The molecule has 31 heavy (non-hydrogen) atoms. The molecule has 0 saturated carbocycles. The van der Waals surface area contributed by atoms with Crippen LogP contribution in [0.5, 0.6) is 0 Å². The van der Waals surface area contributed by atoms with Crippen molar-refractivity contribution in [3.63, 3.8) is 0 Å². The van der Waals surface area contributed by atoms with Crippen molar-refractivity contribution in [2.45, 2.75) is 51.6 Å². The zero-order valence-corrected chi connectivity index (χ0v) is 18.0. The number of carbonyl (C=O) groups is 4. The molecule has 1 N–H and O–H groups in total. The van der Waals surface area contributed by atoms with E-state index in [1.54, 1.807) is 12.1 Å². The number of fused-ring (bicyclic) bond motifs is 1. The molecular formula is C24H23ClN2O4. The van der Waals surface area contributed by atoms with Crippen molar-refractivity contribution in [2.75, 3.05) is 0 Å². The van der Waals surface area contributed by atoms with E-state index in [4.69, 9.17) is 11.6 Å². The van der Waals surface area contributed by atoms with E-state index in [1.807, 2.05) is 31.2 Å². The molecule has 7 heteroatoms. The third-order valence-electron chi connectivity index (χ3n) is 6.01. The smallest absolute Gasteiger partial charge is 0.255 e. The zero-order chi connectivity index (χ0) is 22.1. The van der Waals surface area contributed by atoms with Crippen molar-refractivity contribution >= 4 is 35.1 Å². The van der Waals surface area contributed by atoms with Crippen LogP contribution in [-0.2, 0) is 33.8 Å². The predicted molar refractivity (Wildman–Crippen MR) is 116 cm³/mol. The molecule has 2 heterocycles. The molecule has 3 amide bonds. The topological polar surface area (TPSA) is 83.6 Å². The van der Waals surface area contributed by atoms with Crippen LogP contribution in [0.25, 0.3) is 0 Å².